The van der Waals surface area contributed by atoms with Crippen molar-refractivity contribution in [2.45, 2.75) is 32.8 Å². The lowest BCUT2D eigenvalue weighted by molar-refractivity contribution is 0.115. The molecule has 1 aliphatic heterocycles. The largest absolute Gasteiger partial charge is 0.490 e. The Morgan fingerprint density at radius 2 is 2.09 bits per heavy atom. The van der Waals surface area contributed by atoms with E-state index in [4.69, 9.17) is 4.74 Å². The Morgan fingerprint density at radius 1 is 1.30 bits per heavy atom. The molecule has 0 saturated carbocycles. The van der Waals surface area contributed by atoms with E-state index in [1.165, 1.54) is 22.5 Å². The van der Waals surface area contributed by atoms with Crippen molar-refractivity contribution >= 4 is 22.5 Å². The molecule has 2 heterocycles. The highest BCUT2D eigenvalue weighted by Gasteiger charge is 2.24. The minimum Gasteiger partial charge on any atom is -0.490 e. The van der Waals surface area contributed by atoms with Crippen LogP contribution in [0, 0.1) is 13.8 Å². The molecule has 0 spiro atoms. The summed E-state index contributed by atoms with van der Waals surface area (Å²) < 4.78 is 6.05. The number of hydrogen-bond donors (Lipinski definition) is 1. The van der Waals surface area contributed by atoms with E-state index in [0.29, 0.717) is 18.2 Å². The van der Waals surface area contributed by atoms with Crippen LogP contribution in [0.1, 0.15) is 24.0 Å². The number of nitrogens with one attached hydrogen (secondary N) is 1. The molecular weight excluding hydrogens is 312 g/mol. The highest BCUT2D eigenvalue weighted by Crippen LogP contribution is 2.22. The van der Waals surface area contributed by atoms with Gasteiger partial charge in [0.2, 0.25) is 5.13 Å². The Morgan fingerprint density at radius 3 is 2.74 bits per heavy atom. The van der Waals surface area contributed by atoms with Gasteiger partial charge in [-0.05, 0) is 37.1 Å². The van der Waals surface area contributed by atoms with E-state index in [9.17, 15) is 4.79 Å². The third-order valence-electron chi connectivity index (χ3n) is 4.08. The molecular formula is C16H20N4O2S. The second-order valence-electron chi connectivity index (χ2n) is 5.72. The molecule has 1 fully saturated rings. The van der Waals surface area contributed by atoms with Crippen LogP contribution in [0.2, 0.25) is 0 Å². The lowest BCUT2D eigenvalue weighted by Crippen LogP contribution is -2.43. The predicted molar refractivity (Wildman–Crippen MR) is 90.1 cm³/mol. The van der Waals surface area contributed by atoms with Gasteiger partial charge in [-0.25, -0.2) is 4.79 Å². The Kier molecular flexibility index (Phi) is 4.76. The minimum absolute atomic E-state index is 0.119. The van der Waals surface area contributed by atoms with E-state index < -0.39 is 0 Å². The number of carbonyl (C=O) groups excluding carboxylic acids is 1. The first-order valence-electron chi connectivity index (χ1n) is 7.68. The fraction of sp³-hybridized carbons (Fsp3) is 0.438. The van der Waals surface area contributed by atoms with Crippen molar-refractivity contribution in [2.75, 3.05) is 18.4 Å². The highest BCUT2D eigenvalue weighted by molar-refractivity contribution is 7.13. The molecule has 0 bridgehead atoms. The van der Waals surface area contributed by atoms with Crippen molar-refractivity contribution in [3.63, 3.8) is 0 Å². The molecule has 2 amide bonds. The Bertz CT molecular complexity index is 667. The van der Waals surface area contributed by atoms with Crippen LogP contribution in [-0.2, 0) is 0 Å². The van der Waals surface area contributed by atoms with Crippen molar-refractivity contribution in [2.24, 2.45) is 0 Å². The normalized spacial score (nSPS) is 15.5. The summed E-state index contributed by atoms with van der Waals surface area (Å²) in [6.45, 7) is 5.54. The second kappa shape index (κ2) is 6.95. The van der Waals surface area contributed by atoms with Crippen LogP contribution in [-0.4, -0.2) is 40.3 Å². The monoisotopic (exact) mass is 332 g/mol. The van der Waals surface area contributed by atoms with Crippen molar-refractivity contribution < 1.29 is 9.53 Å². The van der Waals surface area contributed by atoms with Crippen molar-refractivity contribution in [3.05, 3.63) is 34.8 Å². The second-order valence-corrected chi connectivity index (χ2v) is 6.56. The van der Waals surface area contributed by atoms with Crippen LogP contribution in [0.4, 0.5) is 9.93 Å². The number of anilines is 1. The molecule has 1 N–H and O–H groups in total. The first-order valence-corrected chi connectivity index (χ1v) is 8.56. The molecule has 3 rings (SSSR count). The van der Waals surface area contributed by atoms with Gasteiger partial charge in [0.15, 0.2) is 0 Å². The van der Waals surface area contributed by atoms with E-state index in [1.54, 1.807) is 10.4 Å². The summed E-state index contributed by atoms with van der Waals surface area (Å²) in [5, 5.41) is 10.8. The zero-order chi connectivity index (χ0) is 16.2. The molecule has 23 heavy (non-hydrogen) atoms. The van der Waals surface area contributed by atoms with Crippen molar-refractivity contribution in [1.82, 2.24) is 15.1 Å². The van der Waals surface area contributed by atoms with Crippen LogP contribution < -0.4 is 10.1 Å². The molecule has 0 atom stereocenters. The van der Waals surface area contributed by atoms with E-state index in [2.05, 4.69) is 41.5 Å². The number of likely N-dealkylation sites (tertiary alicyclic amines) is 1. The maximum atomic E-state index is 12.1. The van der Waals surface area contributed by atoms with Gasteiger partial charge >= 0.3 is 6.03 Å². The van der Waals surface area contributed by atoms with Gasteiger partial charge in [0.25, 0.3) is 0 Å². The number of benzene rings is 1. The lowest BCUT2D eigenvalue weighted by Gasteiger charge is -2.32. The zero-order valence-corrected chi connectivity index (χ0v) is 14.1. The molecule has 1 aromatic carbocycles. The van der Waals surface area contributed by atoms with E-state index in [-0.39, 0.29) is 12.1 Å². The number of aryl methyl sites for hydroxylation is 2. The fourth-order valence-electron chi connectivity index (χ4n) is 2.55. The number of nitrogens with zero attached hydrogens (tertiary/aromatic N) is 3. The summed E-state index contributed by atoms with van der Waals surface area (Å²) in [4.78, 5) is 13.9. The maximum absolute atomic E-state index is 12.1. The maximum Gasteiger partial charge on any atom is 0.323 e. The molecule has 2 aromatic rings. The number of piperidine rings is 1. The molecule has 122 valence electrons. The topological polar surface area (TPSA) is 67.3 Å². The number of ether oxygens (including phenoxy) is 1. The quantitative estimate of drug-likeness (QED) is 0.937. The van der Waals surface area contributed by atoms with Crippen molar-refractivity contribution in [3.8, 4) is 5.75 Å². The molecule has 0 unspecified atom stereocenters. The summed E-state index contributed by atoms with van der Waals surface area (Å²) in [5.74, 6) is 0.907. The van der Waals surface area contributed by atoms with E-state index >= 15 is 0 Å². The molecule has 0 radical (unpaired) electrons. The summed E-state index contributed by atoms with van der Waals surface area (Å²) >= 11 is 1.31. The van der Waals surface area contributed by atoms with Gasteiger partial charge in [0.1, 0.15) is 17.4 Å². The molecule has 6 nitrogen and oxygen atoms in total. The zero-order valence-electron chi connectivity index (χ0n) is 13.3. The predicted octanol–water partition coefficient (Wildman–Crippen LogP) is 3.23. The smallest absolute Gasteiger partial charge is 0.323 e. The van der Waals surface area contributed by atoms with Gasteiger partial charge in [-0.15, -0.1) is 10.2 Å². The van der Waals surface area contributed by atoms with Gasteiger partial charge in [-0.2, -0.15) is 0 Å². The lowest BCUT2D eigenvalue weighted by atomic mass is 10.1. The third-order valence-corrected chi connectivity index (χ3v) is 4.69. The van der Waals surface area contributed by atoms with Crippen LogP contribution in [0.25, 0.3) is 0 Å². The Hall–Kier alpha value is -2.15. The van der Waals surface area contributed by atoms with E-state index in [0.717, 1.165) is 18.6 Å². The van der Waals surface area contributed by atoms with Crippen LogP contribution in [0.5, 0.6) is 5.75 Å². The Balaban J connectivity index is 1.50. The van der Waals surface area contributed by atoms with Crippen molar-refractivity contribution in [1.29, 1.82) is 0 Å². The minimum atomic E-state index is -0.119. The number of aromatic nitrogens is 2. The molecule has 1 aliphatic rings. The average Bonchev–Trinajstić information content (AvgIpc) is 3.04. The highest BCUT2D eigenvalue weighted by atomic mass is 32.1. The van der Waals surface area contributed by atoms with Crippen LogP contribution in [0.15, 0.2) is 23.7 Å². The van der Waals surface area contributed by atoms with Gasteiger partial charge in [0.05, 0.1) is 0 Å². The number of rotatable bonds is 3. The first kappa shape index (κ1) is 15.7. The van der Waals surface area contributed by atoms with Gasteiger partial charge in [0, 0.05) is 25.9 Å². The van der Waals surface area contributed by atoms with Gasteiger partial charge in [-0.1, -0.05) is 17.4 Å². The average molecular weight is 332 g/mol. The number of carbonyl (C=O) groups is 1. The van der Waals surface area contributed by atoms with Crippen LogP contribution >= 0.6 is 11.3 Å². The summed E-state index contributed by atoms with van der Waals surface area (Å²) in [6, 6.07) is 6.04. The van der Waals surface area contributed by atoms with Gasteiger partial charge < -0.3 is 9.64 Å². The standard InChI is InChI=1S/C16H20N4O2S/c1-11-3-4-14(9-12(11)2)22-13-5-7-20(8-6-13)16(21)18-15-19-17-10-23-15/h3-4,9-10,13H,5-8H2,1-2H3,(H,18,19,21). The SMILES string of the molecule is Cc1ccc(OC2CCN(C(=O)Nc3nncs3)CC2)cc1C. The molecule has 1 saturated heterocycles. The third kappa shape index (κ3) is 3.98. The summed E-state index contributed by atoms with van der Waals surface area (Å²) in [7, 11) is 0. The summed E-state index contributed by atoms with van der Waals surface area (Å²) in [6.07, 6.45) is 1.81. The fourth-order valence-corrected chi connectivity index (χ4v) is 2.99. The molecule has 1 aromatic heterocycles. The Labute approximate surface area is 139 Å². The van der Waals surface area contributed by atoms with E-state index in [1.807, 2.05) is 6.07 Å². The molecule has 7 heteroatoms. The summed E-state index contributed by atoms with van der Waals surface area (Å²) in [5.41, 5.74) is 4.09. The number of urea groups is 1. The molecule has 0 aliphatic carbocycles. The van der Waals surface area contributed by atoms with Crippen LogP contribution in [0.3, 0.4) is 0 Å². The first-order chi connectivity index (χ1) is 11.1. The number of hydrogen-bond acceptors (Lipinski definition) is 5. The van der Waals surface area contributed by atoms with Gasteiger partial charge in [-0.3, -0.25) is 5.32 Å². The number of amides is 2.